The number of hydrogen-bond donors (Lipinski definition) is 0. The normalized spacial score (nSPS) is 22.8. The van der Waals surface area contributed by atoms with Crippen molar-refractivity contribution in [1.29, 1.82) is 0 Å². The molecular formula is C21H20BrClN2O5S2. The van der Waals surface area contributed by atoms with Gasteiger partial charge in [-0.2, -0.15) is 4.99 Å². The van der Waals surface area contributed by atoms with Crippen molar-refractivity contribution in [2.24, 2.45) is 4.99 Å². The Balaban J connectivity index is 1.64. The minimum Gasteiger partial charge on any atom is -0.493 e. The van der Waals surface area contributed by atoms with Gasteiger partial charge >= 0.3 is 0 Å². The van der Waals surface area contributed by atoms with E-state index in [0.717, 1.165) is 10.0 Å². The summed E-state index contributed by atoms with van der Waals surface area (Å²) in [6.07, 6.45) is 0.0694. The minimum absolute atomic E-state index is 0.0000509. The van der Waals surface area contributed by atoms with Crippen LogP contribution in [0.2, 0.25) is 5.02 Å². The van der Waals surface area contributed by atoms with E-state index in [0.29, 0.717) is 27.4 Å². The number of thioether (sulfide) groups is 1. The molecule has 0 bridgehead atoms. The number of rotatable bonds is 5. The topological polar surface area (TPSA) is 85.3 Å². The van der Waals surface area contributed by atoms with Crippen LogP contribution in [0.15, 0.2) is 45.9 Å². The van der Waals surface area contributed by atoms with Gasteiger partial charge in [-0.25, -0.2) is 8.42 Å². The molecule has 0 aliphatic carbocycles. The van der Waals surface area contributed by atoms with E-state index in [-0.39, 0.29) is 35.1 Å². The molecule has 0 aromatic heterocycles. The van der Waals surface area contributed by atoms with Crippen molar-refractivity contribution in [1.82, 2.24) is 0 Å². The Hall–Kier alpha value is -1.75. The van der Waals surface area contributed by atoms with Crippen molar-refractivity contribution in [2.75, 3.05) is 30.6 Å². The molecule has 7 nitrogen and oxygen atoms in total. The third-order valence-electron chi connectivity index (χ3n) is 5.26. The van der Waals surface area contributed by atoms with Gasteiger partial charge < -0.3 is 14.4 Å². The molecule has 2 aliphatic rings. The number of amidine groups is 1. The fraction of sp³-hybridized carbons (Fsp3) is 0.333. The van der Waals surface area contributed by atoms with Gasteiger partial charge in [-0.15, -0.1) is 0 Å². The Labute approximate surface area is 204 Å². The van der Waals surface area contributed by atoms with Gasteiger partial charge in [-0.3, -0.25) is 4.79 Å². The molecule has 2 aromatic carbocycles. The first kappa shape index (κ1) is 23.4. The zero-order valence-electron chi connectivity index (χ0n) is 17.2. The lowest BCUT2D eigenvalue weighted by Gasteiger charge is -2.25. The first-order valence-corrected chi connectivity index (χ1v) is 13.5. The first-order valence-electron chi connectivity index (χ1n) is 9.64. The van der Waals surface area contributed by atoms with Gasteiger partial charge in [0.1, 0.15) is 0 Å². The first-order chi connectivity index (χ1) is 15.2. The maximum Gasteiger partial charge on any atom is 0.252 e. The lowest BCUT2D eigenvalue weighted by molar-refractivity contribution is -0.117. The number of sulfone groups is 1. The fourth-order valence-corrected chi connectivity index (χ4v) is 8.52. The molecule has 2 heterocycles. The molecule has 0 N–H and O–H groups in total. The second-order valence-electron chi connectivity index (χ2n) is 7.42. The van der Waals surface area contributed by atoms with Crippen molar-refractivity contribution < 1.29 is 22.7 Å². The van der Waals surface area contributed by atoms with Crippen molar-refractivity contribution in [3.63, 3.8) is 0 Å². The van der Waals surface area contributed by atoms with Gasteiger partial charge in [-0.05, 0) is 35.9 Å². The number of halogens is 2. The second-order valence-corrected chi connectivity index (χ2v) is 12.1. The third kappa shape index (κ3) is 4.78. The Bertz CT molecular complexity index is 1200. The SMILES string of the molecule is COc1ccc(CC(=O)N=C2SC3CS(=O)(=O)CC3N2c2ccc(Br)cc2Cl)cc1OC. The van der Waals surface area contributed by atoms with Crippen LogP contribution in [0.3, 0.4) is 0 Å². The van der Waals surface area contributed by atoms with Gasteiger partial charge in [-0.1, -0.05) is 45.4 Å². The summed E-state index contributed by atoms with van der Waals surface area (Å²) in [5.74, 6) is 0.812. The molecule has 0 saturated carbocycles. The number of methoxy groups -OCH3 is 2. The molecule has 170 valence electrons. The number of nitrogens with zero attached hydrogens (tertiary/aromatic N) is 2. The van der Waals surface area contributed by atoms with Crippen LogP contribution in [0, 0.1) is 0 Å². The van der Waals surface area contributed by atoms with Crippen LogP contribution in [-0.4, -0.2) is 56.5 Å². The van der Waals surface area contributed by atoms with Gasteiger partial charge in [0.2, 0.25) is 0 Å². The summed E-state index contributed by atoms with van der Waals surface area (Å²) >= 11 is 11.2. The molecule has 2 aromatic rings. The number of carbonyl (C=O) groups is 1. The van der Waals surface area contributed by atoms with Crippen LogP contribution in [0.25, 0.3) is 0 Å². The average Bonchev–Trinajstić information content (AvgIpc) is 3.19. The molecule has 0 spiro atoms. The number of fused-ring (bicyclic) bond motifs is 1. The predicted octanol–water partition coefficient (Wildman–Crippen LogP) is 3.96. The number of anilines is 1. The zero-order chi connectivity index (χ0) is 23.0. The summed E-state index contributed by atoms with van der Waals surface area (Å²) in [7, 11) is -0.0830. The van der Waals surface area contributed by atoms with Crippen LogP contribution in [0.5, 0.6) is 11.5 Å². The highest BCUT2D eigenvalue weighted by molar-refractivity contribution is 9.10. The monoisotopic (exact) mass is 558 g/mol. The fourth-order valence-electron chi connectivity index (χ4n) is 3.83. The molecule has 2 aliphatic heterocycles. The van der Waals surface area contributed by atoms with Gasteiger partial charge in [0.05, 0.1) is 48.9 Å². The predicted molar refractivity (Wildman–Crippen MR) is 131 cm³/mol. The van der Waals surface area contributed by atoms with E-state index >= 15 is 0 Å². The second kappa shape index (κ2) is 9.24. The highest BCUT2D eigenvalue weighted by Gasteiger charge is 2.49. The van der Waals surface area contributed by atoms with E-state index in [1.165, 1.54) is 18.9 Å². The molecule has 32 heavy (non-hydrogen) atoms. The number of benzene rings is 2. The summed E-state index contributed by atoms with van der Waals surface area (Å²) in [6, 6.07) is 10.3. The number of hydrogen-bond acceptors (Lipinski definition) is 6. The lowest BCUT2D eigenvalue weighted by Crippen LogP contribution is -2.38. The third-order valence-corrected chi connectivity index (χ3v) is 9.27. The number of amides is 1. The maximum atomic E-state index is 12.8. The van der Waals surface area contributed by atoms with Crippen LogP contribution in [0.1, 0.15) is 5.56 Å². The molecule has 2 unspecified atom stereocenters. The van der Waals surface area contributed by atoms with Crippen molar-refractivity contribution >= 4 is 65.9 Å². The Morgan fingerprint density at radius 1 is 1.19 bits per heavy atom. The summed E-state index contributed by atoms with van der Waals surface area (Å²) < 4.78 is 35.8. The molecule has 2 fully saturated rings. The molecule has 2 atom stereocenters. The van der Waals surface area contributed by atoms with Crippen LogP contribution < -0.4 is 14.4 Å². The van der Waals surface area contributed by atoms with Crippen LogP contribution >= 0.6 is 39.3 Å². The smallest absolute Gasteiger partial charge is 0.252 e. The van der Waals surface area contributed by atoms with Gasteiger partial charge in [0.25, 0.3) is 5.91 Å². The summed E-state index contributed by atoms with van der Waals surface area (Å²) in [4.78, 5) is 19.0. The summed E-state index contributed by atoms with van der Waals surface area (Å²) in [5.41, 5.74) is 1.36. The Morgan fingerprint density at radius 2 is 1.94 bits per heavy atom. The quantitative estimate of drug-likeness (QED) is 0.548. The molecule has 1 amide bonds. The molecule has 2 saturated heterocycles. The average molecular weight is 560 g/mol. The van der Waals surface area contributed by atoms with Crippen molar-refractivity contribution in [3.8, 4) is 11.5 Å². The standard InChI is InChI=1S/C21H20BrClN2O5S2/c1-29-17-6-3-12(7-18(17)30-2)8-20(26)24-21-25(15-5-4-13(22)9-14(15)23)16-10-32(27,28)11-19(16)31-21/h3-7,9,16,19H,8,10-11H2,1-2H3. The zero-order valence-corrected chi connectivity index (χ0v) is 21.2. The molecule has 0 radical (unpaired) electrons. The molecular weight excluding hydrogens is 540 g/mol. The van der Waals surface area contributed by atoms with Gasteiger partial charge in [0.15, 0.2) is 26.5 Å². The van der Waals surface area contributed by atoms with E-state index in [1.807, 2.05) is 6.07 Å². The Kier molecular flexibility index (Phi) is 6.76. The molecule has 4 rings (SSSR count). The van der Waals surface area contributed by atoms with E-state index in [4.69, 9.17) is 21.1 Å². The number of ether oxygens (including phenoxy) is 2. The molecule has 11 heteroatoms. The summed E-state index contributed by atoms with van der Waals surface area (Å²) in [5, 5.41) is 0.710. The Morgan fingerprint density at radius 3 is 2.62 bits per heavy atom. The highest BCUT2D eigenvalue weighted by Crippen LogP contribution is 2.43. The van der Waals surface area contributed by atoms with Crippen LogP contribution in [0.4, 0.5) is 5.69 Å². The van der Waals surface area contributed by atoms with E-state index in [9.17, 15) is 13.2 Å². The highest BCUT2D eigenvalue weighted by atomic mass is 79.9. The van der Waals surface area contributed by atoms with Crippen molar-refractivity contribution in [3.05, 3.63) is 51.5 Å². The maximum absolute atomic E-state index is 12.8. The van der Waals surface area contributed by atoms with E-state index < -0.39 is 9.84 Å². The largest absolute Gasteiger partial charge is 0.493 e. The number of carbonyl (C=O) groups excluding carboxylic acids is 1. The van der Waals surface area contributed by atoms with E-state index in [1.54, 1.807) is 42.3 Å². The van der Waals surface area contributed by atoms with Gasteiger partial charge in [0, 0.05) is 9.72 Å². The minimum atomic E-state index is -3.16. The number of aliphatic imine (C=N–C) groups is 1. The summed E-state index contributed by atoms with van der Waals surface area (Å²) in [6.45, 7) is 0. The lowest BCUT2D eigenvalue weighted by atomic mass is 10.1. The van der Waals surface area contributed by atoms with Crippen molar-refractivity contribution in [2.45, 2.75) is 17.7 Å². The van der Waals surface area contributed by atoms with Crippen LogP contribution in [-0.2, 0) is 21.1 Å². The van der Waals surface area contributed by atoms with E-state index in [2.05, 4.69) is 20.9 Å².